The van der Waals surface area contributed by atoms with E-state index in [2.05, 4.69) is 33.0 Å². The number of hydrogen-bond donors (Lipinski definition) is 1. The zero-order valence-corrected chi connectivity index (χ0v) is 17.1. The molecule has 6 heteroatoms. The molecule has 0 atom stereocenters. The average molecular weight is 421 g/mol. The van der Waals surface area contributed by atoms with Crippen LogP contribution in [-0.4, -0.2) is 34.7 Å². The molecule has 1 fully saturated rings. The quantitative estimate of drug-likeness (QED) is 0.699. The molecule has 2 aliphatic heterocycles. The highest BCUT2D eigenvalue weighted by molar-refractivity contribution is 9.10. The lowest BCUT2D eigenvalue weighted by atomic mass is 9.84. The SMILES string of the molecule is CC(C)(C)OC(=O)N1CCC(c2ccc3[nH]c(Br)c4c3c2COC4)CC1. The third-order valence-electron chi connectivity index (χ3n) is 5.24. The Labute approximate surface area is 162 Å². The summed E-state index contributed by atoms with van der Waals surface area (Å²) in [6.45, 7) is 8.51. The van der Waals surface area contributed by atoms with Crippen LogP contribution >= 0.6 is 15.9 Å². The van der Waals surface area contributed by atoms with Crippen molar-refractivity contribution >= 4 is 32.9 Å². The van der Waals surface area contributed by atoms with Crippen molar-refractivity contribution in [1.82, 2.24) is 9.88 Å². The van der Waals surface area contributed by atoms with Gasteiger partial charge >= 0.3 is 6.09 Å². The monoisotopic (exact) mass is 420 g/mol. The number of halogens is 1. The van der Waals surface area contributed by atoms with E-state index in [1.807, 2.05) is 25.7 Å². The molecule has 1 saturated heterocycles. The molecule has 1 N–H and O–H groups in total. The van der Waals surface area contributed by atoms with Crippen LogP contribution in [0.2, 0.25) is 0 Å². The van der Waals surface area contributed by atoms with Crippen molar-refractivity contribution in [2.45, 2.75) is 58.3 Å². The molecule has 0 aliphatic carbocycles. The number of ether oxygens (including phenoxy) is 2. The van der Waals surface area contributed by atoms with E-state index in [-0.39, 0.29) is 6.09 Å². The van der Waals surface area contributed by atoms with Gasteiger partial charge in [0.25, 0.3) is 0 Å². The normalized spacial score (nSPS) is 18.4. The maximum Gasteiger partial charge on any atom is 0.410 e. The molecule has 26 heavy (non-hydrogen) atoms. The Morgan fingerprint density at radius 3 is 2.62 bits per heavy atom. The number of H-pyrrole nitrogens is 1. The summed E-state index contributed by atoms with van der Waals surface area (Å²) in [6.07, 6.45) is 1.71. The first-order chi connectivity index (χ1) is 12.3. The summed E-state index contributed by atoms with van der Waals surface area (Å²) in [5.41, 5.74) is 4.61. The van der Waals surface area contributed by atoms with Gasteiger partial charge in [-0.2, -0.15) is 0 Å². The molecule has 2 aliphatic rings. The minimum Gasteiger partial charge on any atom is -0.444 e. The highest BCUT2D eigenvalue weighted by atomic mass is 79.9. The zero-order valence-electron chi connectivity index (χ0n) is 15.5. The molecule has 4 rings (SSSR count). The second-order valence-electron chi connectivity index (χ2n) is 8.21. The molecule has 2 aromatic rings. The molecule has 0 saturated carbocycles. The Bertz CT molecular complexity index is 845. The smallest absolute Gasteiger partial charge is 0.410 e. The van der Waals surface area contributed by atoms with Crippen LogP contribution in [0.4, 0.5) is 4.79 Å². The highest BCUT2D eigenvalue weighted by Gasteiger charge is 2.30. The number of hydrogen-bond acceptors (Lipinski definition) is 3. The number of amides is 1. The minimum absolute atomic E-state index is 0.201. The molecule has 1 aromatic carbocycles. The number of carbonyl (C=O) groups is 1. The van der Waals surface area contributed by atoms with Crippen LogP contribution in [0.1, 0.15) is 56.2 Å². The lowest BCUT2D eigenvalue weighted by Crippen LogP contribution is -2.41. The van der Waals surface area contributed by atoms with E-state index in [0.29, 0.717) is 19.1 Å². The van der Waals surface area contributed by atoms with Crippen LogP contribution in [0.3, 0.4) is 0 Å². The molecule has 1 aromatic heterocycles. The van der Waals surface area contributed by atoms with Crippen LogP contribution in [-0.2, 0) is 22.7 Å². The van der Waals surface area contributed by atoms with E-state index in [9.17, 15) is 4.79 Å². The number of piperidine rings is 1. The van der Waals surface area contributed by atoms with Crippen molar-refractivity contribution in [2.24, 2.45) is 0 Å². The van der Waals surface area contributed by atoms with Gasteiger partial charge in [-0.3, -0.25) is 0 Å². The summed E-state index contributed by atoms with van der Waals surface area (Å²) in [6, 6.07) is 4.40. The predicted molar refractivity (Wildman–Crippen MR) is 104 cm³/mol. The molecule has 0 unspecified atom stereocenters. The summed E-state index contributed by atoms with van der Waals surface area (Å²) < 4.78 is 12.4. The number of carbonyl (C=O) groups excluding carboxylic acids is 1. The Morgan fingerprint density at radius 2 is 1.92 bits per heavy atom. The third-order valence-corrected chi connectivity index (χ3v) is 5.92. The average Bonchev–Trinajstić information content (AvgIpc) is 2.92. The molecule has 0 bridgehead atoms. The van der Waals surface area contributed by atoms with E-state index >= 15 is 0 Å². The zero-order chi connectivity index (χ0) is 18.5. The first kappa shape index (κ1) is 17.9. The van der Waals surface area contributed by atoms with Gasteiger partial charge < -0.3 is 19.4 Å². The van der Waals surface area contributed by atoms with Gasteiger partial charge in [0.05, 0.1) is 17.8 Å². The number of likely N-dealkylation sites (tertiary alicyclic amines) is 1. The van der Waals surface area contributed by atoms with Crippen molar-refractivity contribution in [3.05, 3.63) is 33.4 Å². The summed E-state index contributed by atoms with van der Waals surface area (Å²) >= 11 is 3.61. The van der Waals surface area contributed by atoms with Crippen LogP contribution in [0.25, 0.3) is 10.9 Å². The Morgan fingerprint density at radius 1 is 1.23 bits per heavy atom. The van der Waals surface area contributed by atoms with E-state index in [4.69, 9.17) is 9.47 Å². The van der Waals surface area contributed by atoms with Crippen LogP contribution in [0.15, 0.2) is 16.7 Å². The van der Waals surface area contributed by atoms with E-state index < -0.39 is 5.60 Å². The fourth-order valence-corrected chi connectivity index (χ4v) is 4.57. The number of aromatic nitrogens is 1. The lowest BCUT2D eigenvalue weighted by Gasteiger charge is -2.34. The van der Waals surface area contributed by atoms with E-state index in [0.717, 1.165) is 30.5 Å². The summed E-state index contributed by atoms with van der Waals surface area (Å²) in [7, 11) is 0. The maximum absolute atomic E-state index is 12.3. The Balaban J connectivity index is 1.54. The van der Waals surface area contributed by atoms with Crippen molar-refractivity contribution < 1.29 is 14.3 Å². The number of benzene rings is 1. The maximum atomic E-state index is 12.3. The summed E-state index contributed by atoms with van der Waals surface area (Å²) in [5.74, 6) is 0.455. The summed E-state index contributed by atoms with van der Waals surface area (Å²) in [4.78, 5) is 17.5. The Kier molecular flexibility index (Phi) is 4.51. The van der Waals surface area contributed by atoms with Gasteiger partial charge in [0.15, 0.2) is 0 Å². The first-order valence-corrected chi connectivity index (χ1v) is 10.0. The largest absolute Gasteiger partial charge is 0.444 e. The molecular formula is C20H25BrN2O3. The molecule has 3 heterocycles. The highest BCUT2D eigenvalue weighted by Crippen LogP contribution is 2.40. The van der Waals surface area contributed by atoms with Gasteiger partial charge in [0, 0.05) is 29.6 Å². The molecular weight excluding hydrogens is 396 g/mol. The van der Waals surface area contributed by atoms with Gasteiger partial charge in [-0.05, 0) is 72.7 Å². The number of aromatic amines is 1. The molecule has 0 spiro atoms. The lowest BCUT2D eigenvalue weighted by molar-refractivity contribution is 0.0204. The Hall–Kier alpha value is -1.53. The molecule has 5 nitrogen and oxygen atoms in total. The number of rotatable bonds is 1. The number of nitrogens with one attached hydrogen (secondary N) is 1. The second kappa shape index (κ2) is 6.57. The second-order valence-corrected chi connectivity index (χ2v) is 9.00. The van der Waals surface area contributed by atoms with Crippen molar-refractivity contribution in [3.8, 4) is 0 Å². The standard InChI is InChI=1S/C20H25BrN2O3/c1-20(2,3)26-19(24)23-8-6-12(7-9-23)13-4-5-16-17-14(13)10-25-11-15(17)18(21)22-16/h4-5,12,22H,6-11H2,1-3H3. The third kappa shape index (κ3) is 3.25. The van der Waals surface area contributed by atoms with Crippen LogP contribution in [0.5, 0.6) is 0 Å². The van der Waals surface area contributed by atoms with E-state index in [1.165, 1.54) is 27.6 Å². The molecule has 140 valence electrons. The van der Waals surface area contributed by atoms with Gasteiger partial charge in [0.2, 0.25) is 0 Å². The number of nitrogens with zero attached hydrogens (tertiary/aromatic N) is 1. The van der Waals surface area contributed by atoms with Crippen LogP contribution in [0, 0.1) is 0 Å². The van der Waals surface area contributed by atoms with Gasteiger partial charge in [0.1, 0.15) is 5.60 Å². The minimum atomic E-state index is -0.446. The van der Waals surface area contributed by atoms with Crippen molar-refractivity contribution in [3.63, 3.8) is 0 Å². The fourth-order valence-electron chi connectivity index (χ4n) is 4.04. The molecule has 1 amide bonds. The van der Waals surface area contributed by atoms with Crippen molar-refractivity contribution in [2.75, 3.05) is 13.1 Å². The summed E-state index contributed by atoms with van der Waals surface area (Å²) in [5, 5.41) is 1.31. The topological polar surface area (TPSA) is 54.6 Å². The molecule has 0 radical (unpaired) electrons. The van der Waals surface area contributed by atoms with Crippen LogP contribution < -0.4 is 0 Å². The fraction of sp³-hybridized carbons (Fsp3) is 0.550. The first-order valence-electron chi connectivity index (χ1n) is 9.21. The van der Waals surface area contributed by atoms with Gasteiger partial charge in [-0.1, -0.05) is 6.07 Å². The van der Waals surface area contributed by atoms with E-state index in [1.54, 1.807) is 0 Å². The van der Waals surface area contributed by atoms with Gasteiger partial charge in [-0.25, -0.2) is 4.79 Å². The van der Waals surface area contributed by atoms with Crippen molar-refractivity contribution in [1.29, 1.82) is 0 Å². The predicted octanol–water partition coefficient (Wildman–Crippen LogP) is 5.08. The van der Waals surface area contributed by atoms with Gasteiger partial charge in [-0.15, -0.1) is 0 Å².